The van der Waals surface area contributed by atoms with Gasteiger partial charge in [0.25, 0.3) is 0 Å². The molecule has 0 aliphatic rings. The van der Waals surface area contributed by atoms with Crippen LogP contribution in [0.3, 0.4) is 0 Å². The quantitative estimate of drug-likeness (QED) is 0.705. The van der Waals surface area contributed by atoms with Crippen LogP contribution in [0.4, 0.5) is 0 Å². The predicted octanol–water partition coefficient (Wildman–Crippen LogP) is 0.933. The minimum Gasteiger partial charge on any atom is -0.422 e. The molecule has 0 radical (unpaired) electrons. The van der Waals surface area contributed by atoms with E-state index in [-0.39, 0.29) is 0 Å². The van der Waals surface area contributed by atoms with Gasteiger partial charge in [0.2, 0.25) is 0 Å². The molecule has 0 aromatic carbocycles. The largest absolute Gasteiger partial charge is 0.504 e. The lowest BCUT2D eigenvalue weighted by Crippen LogP contribution is -2.53. The van der Waals surface area contributed by atoms with Crippen molar-refractivity contribution < 1.29 is 19.9 Å². The normalized spacial score (nSPS) is 13.7. The van der Waals surface area contributed by atoms with E-state index in [4.69, 9.17) is 4.65 Å². The number of hydrogen-bond acceptors (Lipinski definition) is 6. The molecule has 0 fully saturated rings. The van der Waals surface area contributed by atoms with E-state index in [9.17, 15) is 15.2 Å². The Kier molecular flexibility index (Phi) is 4.73. The number of aryl methyl sites for hydroxylation is 1. The van der Waals surface area contributed by atoms with Crippen molar-refractivity contribution in [2.45, 2.75) is 65.3 Å². The molecule has 0 amide bonds. The molecule has 3 N–H and O–H groups in total. The van der Waals surface area contributed by atoms with E-state index in [1.807, 2.05) is 0 Å². The molecule has 1 heterocycles. The summed E-state index contributed by atoms with van der Waals surface area (Å²) in [5.74, 6) is 0. The Morgan fingerprint density at radius 2 is 1.60 bits per heavy atom. The van der Waals surface area contributed by atoms with Gasteiger partial charge in [-0.25, -0.2) is 4.98 Å². The van der Waals surface area contributed by atoms with Gasteiger partial charge in [-0.15, -0.1) is 11.3 Å². The van der Waals surface area contributed by atoms with Crippen LogP contribution in [0.5, 0.6) is 0 Å². The van der Waals surface area contributed by atoms with Gasteiger partial charge in [0.1, 0.15) is 10.6 Å². The van der Waals surface area contributed by atoms with Crippen LogP contribution in [0.2, 0.25) is 0 Å². The molecule has 20 heavy (non-hydrogen) atoms. The van der Waals surface area contributed by atoms with Crippen LogP contribution in [0.25, 0.3) is 0 Å². The van der Waals surface area contributed by atoms with Gasteiger partial charge in [-0.3, -0.25) is 0 Å². The Morgan fingerprint density at radius 1 is 1.10 bits per heavy atom. The molecule has 5 nitrogen and oxygen atoms in total. The van der Waals surface area contributed by atoms with E-state index in [1.54, 1.807) is 48.5 Å². The number of aliphatic hydroxyl groups is 2. The van der Waals surface area contributed by atoms with Crippen LogP contribution in [-0.2, 0) is 10.3 Å². The van der Waals surface area contributed by atoms with Crippen molar-refractivity contribution in [3.05, 3.63) is 10.7 Å². The van der Waals surface area contributed by atoms with E-state index in [1.165, 1.54) is 11.3 Å². The first kappa shape index (κ1) is 17.6. The molecule has 1 aromatic heterocycles. The van der Waals surface area contributed by atoms with Gasteiger partial charge in [-0.1, -0.05) is 0 Å². The lowest BCUT2D eigenvalue weighted by molar-refractivity contribution is -0.0982. The summed E-state index contributed by atoms with van der Waals surface area (Å²) in [6.07, 6.45) is 0. The minimum atomic E-state index is -1.19. The van der Waals surface area contributed by atoms with E-state index in [0.29, 0.717) is 15.5 Å². The van der Waals surface area contributed by atoms with Crippen LogP contribution >= 0.6 is 11.3 Å². The van der Waals surface area contributed by atoms with Gasteiger partial charge < -0.3 is 19.9 Å². The van der Waals surface area contributed by atoms with Crippen LogP contribution < -0.4 is 4.78 Å². The Hall–Kier alpha value is -0.465. The van der Waals surface area contributed by atoms with Crippen LogP contribution in [0.15, 0.2) is 0 Å². The van der Waals surface area contributed by atoms with Crippen molar-refractivity contribution in [2.75, 3.05) is 0 Å². The lowest BCUT2D eigenvalue weighted by atomic mass is 9.81. The fraction of sp³-hybridized carbons (Fsp3) is 0.769. The number of aromatic nitrogens is 1. The molecule has 0 saturated carbocycles. The summed E-state index contributed by atoms with van der Waals surface area (Å²) in [7, 11) is -1.19. The van der Waals surface area contributed by atoms with Crippen LogP contribution in [-0.4, -0.2) is 38.5 Å². The number of thiazole rings is 1. The van der Waals surface area contributed by atoms with E-state index in [2.05, 4.69) is 4.98 Å². The summed E-state index contributed by atoms with van der Waals surface area (Å²) in [6.45, 7) is 11.7. The Morgan fingerprint density at radius 3 is 1.95 bits per heavy atom. The summed E-state index contributed by atoms with van der Waals surface area (Å²) in [6, 6.07) is 0. The second-order valence-electron chi connectivity index (χ2n) is 6.57. The topological polar surface area (TPSA) is 82.8 Å². The summed E-state index contributed by atoms with van der Waals surface area (Å²) >= 11 is 1.21. The second-order valence-corrected chi connectivity index (χ2v) is 7.60. The zero-order valence-electron chi connectivity index (χ0n) is 13.2. The van der Waals surface area contributed by atoms with Crippen molar-refractivity contribution in [3.63, 3.8) is 0 Å². The highest BCUT2D eigenvalue weighted by molar-refractivity contribution is 7.22. The third kappa shape index (κ3) is 3.80. The zero-order chi connectivity index (χ0) is 15.9. The molecular formula is C13H24BNO4S. The molecule has 0 aliphatic carbocycles. The molecule has 7 heteroatoms. The summed E-state index contributed by atoms with van der Waals surface area (Å²) in [4.78, 5) is 4.26. The SMILES string of the molecule is Cc1nc(C(C)(C)O)sc1B(O)OC(C)(C)C(C)(C)O. The van der Waals surface area contributed by atoms with Crippen molar-refractivity contribution in [3.8, 4) is 0 Å². The van der Waals surface area contributed by atoms with Crippen LogP contribution in [0.1, 0.15) is 52.2 Å². The molecule has 0 spiro atoms. The van der Waals surface area contributed by atoms with Crippen molar-refractivity contribution >= 4 is 23.2 Å². The smallest absolute Gasteiger partial charge is 0.422 e. The van der Waals surface area contributed by atoms with Crippen molar-refractivity contribution in [1.29, 1.82) is 0 Å². The maximum absolute atomic E-state index is 10.2. The summed E-state index contributed by atoms with van der Waals surface area (Å²) in [5.41, 5.74) is -2.48. The molecule has 0 bridgehead atoms. The fourth-order valence-electron chi connectivity index (χ4n) is 1.38. The van der Waals surface area contributed by atoms with Gasteiger partial charge in [0.05, 0.1) is 16.0 Å². The average molecular weight is 301 g/mol. The molecule has 1 rings (SSSR count). The first-order valence-electron chi connectivity index (χ1n) is 6.54. The number of hydrogen-bond donors (Lipinski definition) is 3. The standard InChI is InChI=1S/C13H24BNO4S/c1-8-9(20-10(15-8)11(2,3)16)14(18)19-13(6,7)12(4,5)17/h16-18H,1-7H3. The van der Waals surface area contributed by atoms with Gasteiger partial charge in [0.15, 0.2) is 0 Å². The molecule has 0 saturated heterocycles. The fourth-order valence-corrected chi connectivity index (χ4v) is 2.36. The maximum Gasteiger partial charge on any atom is 0.504 e. The molecule has 0 aliphatic heterocycles. The second kappa shape index (κ2) is 5.38. The minimum absolute atomic E-state index is 0.522. The number of rotatable bonds is 5. The zero-order valence-corrected chi connectivity index (χ0v) is 14.0. The first-order valence-corrected chi connectivity index (χ1v) is 7.36. The van der Waals surface area contributed by atoms with Gasteiger partial charge in [0, 0.05) is 5.69 Å². The third-order valence-electron chi connectivity index (χ3n) is 3.46. The lowest BCUT2D eigenvalue weighted by Gasteiger charge is -2.38. The molecule has 0 unspecified atom stereocenters. The summed E-state index contributed by atoms with van der Waals surface area (Å²) < 4.78 is 6.13. The van der Waals surface area contributed by atoms with E-state index in [0.717, 1.165) is 0 Å². The molecule has 1 aromatic rings. The van der Waals surface area contributed by atoms with E-state index >= 15 is 0 Å². The highest BCUT2D eigenvalue weighted by Gasteiger charge is 2.41. The van der Waals surface area contributed by atoms with Crippen molar-refractivity contribution in [1.82, 2.24) is 4.98 Å². The molecule has 114 valence electrons. The average Bonchev–Trinajstić information content (AvgIpc) is 2.57. The monoisotopic (exact) mass is 301 g/mol. The van der Waals surface area contributed by atoms with Crippen LogP contribution in [0, 0.1) is 6.92 Å². The Bertz CT molecular complexity index is 474. The summed E-state index contributed by atoms with van der Waals surface area (Å²) in [5, 5.41) is 30.8. The highest BCUT2D eigenvalue weighted by Crippen LogP contribution is 2.27. The Labute approximate surface area is 124 Å². The Balaban J connectivity index is 3.00. The van der Waals surface area contributed by atoms with Gasteiger partial charge >= 0.3 is 7.12 Å². The third-order valence-corrected chi connectivity index (χ3v) is 4.96. The van der Waals surface area contributed by atoms with Gasteiger partial charge in [-0.2, -0.15) is 0 Å². The van der Waals surface area contributed by atoms with Gasteiger partial charge in [-0.05, 0) is 48.5 Å². The van der Waals surface area contributed by atoms with E-state index < -0.39 is 23.9 Å². The predicted molar refractivity (Wildman–Crippen MR) is 81.2 cm³/mol. The first-order chi connectivity index (χ1) is 8.75. The molecule has 0 atom stereocenters. The molecular weight excluding hydrogens is 277 g/mol. The number of nitrogens with zero attached hydrogens (tertiary/aromatic N) is 1. The maximum atomic E-state index is 10.2. The highest BCUT2D eigenvalue weighted by atomic mass is 32.1. The van der Waals surface area contributed by atoms with Crippen molar-refractivity contribution in [2.24, 2.45) is 0 Å².